The molecule has 0 fully saturated rings. The van der Waals surface area contributed by atoms with Crippen molar-refractivity contribution in [2.75, 3.05) is 17.7 Å². The van der Waals surface area contributed by atoms with Crippen LogP contribution in [0.4, 0.5) is 15.8 Å². The quantitative estimate of drug-likeness (QED) is 0.766. The van der Waals surface area contributed by atoms with Gasteiger partial charge in [-0.15, -0.1) is 0 Å². The summed E-state index contributed by atoms with van der Waals surface area (Å²) in [6.07, 6.45) is 3.30. The van der Waals surface area contributed by atoms with Crippen molar-refractivity contribution in [3.8, 4) is 5.75 Å². The number of aryl methyl sites for hydroxylation is 1. The maximum atomic E-state index is 13.7. The van der Waals surface area contributed by atoms with Crippen molar-refractivity contribution < 1.29 is 13.5 Å². The number of nitrogens with two attached hydrogens (primary N) is 1. The molecule has 0 saturated heterocycles. The van der Waals surface area contributed by atoms with Crippen molar-refractivity contribution >= 4 is 11.4 Å². The highest BCUT2D eigenvalue weighted by Crippen LogP contribution is 2.28. The molecule has 0 atom stereocenters. The first-order chi connectivity index (χ1) is 10.1. The fraction of sp³-hybridized carbons (Fsp3) is 0.400. The van der Waals surface area contributed by atoms with Gasteiger partial charge in [-0.3, -0.25) is 0 Å². The third-order valence-electron chi connectivity index (χ3n) is 2.95. The summed E-state index contributed by atoms with van der Waals surface area (Å²) in [4.78, 5) is 4.15. The van der Waals surface area contributed by atoms with Gasteiger partial charge in [-0.05, 0) is 6.42 Å². The van der Waals surface area contributed by atoms with Crippen LogP contribution >= 0.6 is 0 Å². The van der Waals surface area contributed by atoms with Gasteiger partial charge in [-0.1, -0.05) is 13.8 Å². The van der Waals surface area contributed by atoms with Gasteiger partial charge < -0.3 is 20.2 Å². The molecule has 0 aliphatic rings. The highest BCUT2D eigenvalue weighted by molar-refractivity contribution is 5.68. The van der Waals surface area contributed by atoms with E-state index in [0.29, 0.717) is 30.4 Å². The van der Waals surface area contributed by atoms with E-state index in [-0.39, 0.29) is 5.75 Å². The molecule has 0 aliphatic heterocycles. The molecule has 1 aromatic heterocycles. The van der Waals surface area contributed by atoms with Crippen LogP contribution in [0.3, 0.4) is 0 Å². The zero-order valence-electron chi connectivity index (χ0n) is 12.3. The van der Waals surface area contributed by atoms with Crippen molar-refractivity contribution in [1.82, 2.24) is 4.98 Å². The maximum Gasteiger partial charge on any atom is 0.213 e. The van der Waals surface area contributed by atoms with E-state index in [2.05, 4.69) is 10.3 Å². The normalized spacial score (nSPS) is 10.6. The molecular weight excluding hydrogens is 273 g/mol. The zero-order valence-corrected chi connectivity index (χ0v) is 12.3. The largest absolute Gasteiger partial charge is 0.490 e. The molecule has 3 N–H and O–H groups in total. The highest BCUT2D eigenvalue weighted by Gasteiger charge is 2.10. The summed E-state index contributed by atoms with van der Waals surface area (Å²) in [5, 5.41) is 3.08. The lowest BCUT2D eigenvalue weighted by Gasteiger charge is -2.12. The SMILES string of the molecule is CCCOc1cc(NCc2ncc(CC)o2)c(N)cc1F. The third-order valence-corrected chi connectivity index (χ3v) is 2.95. The van der Waals surface area contributed by atoms with Gasteiger partial charge in [0, 0.05) is 18.6 Å². The summed E-state index contributed by atoms with van der Waals surface area (Å²) in [7, 11) is 0. The van der Waals surface area contributed by atoms with Gasteiger partial charge in [-0.2, -0.15) is 0 Å². The molecule has 6 heteroatoms. The van der Waals surface area contributed by atoms with E-state index in [4.69, 9.17) is 14.9 Å². The van der Waals surface area contributed by atoms with Crippen molar-refractivity contribution in [2.45, 2.75) is 33.2 Å². The standard InChI is InChI=1S/C15H20FN3O2/c1-3-5-20-14-7-13(12(17)6-11(14)16)18-9-15-19-8-10(4-2)21-15/h6-8,18H,3-5,9,17H2,1-2H3. The van der Waals surface area contributed by atoms with E-state index in [1.807, 2.05) is 13.8 Å². The Bertz CT molecular complexity index is 599. The van der Waals surface area contributed by atoms with E-state index in [1.165, 1.54) is 6.07 Å². The highest BCUT2D eigenvalue weighted by atomic mass is 19.1. The number of benzene rings is 1. The monoisotopic (exact) mass is 293 g/mol. The van der Waals surface area contributed by atoms with E-state index in [0.717, 1.165) is 18.6 Å². The van der Waals surface area contributed by atoms with Crippen molar-refractivity contribution in [3.05, 3.63) is 35.8 Å². The minimum absolute atomic E-state index is 0.190. The molecule has 2 rings (SSSR count). The van der Waals surface area contributed by atoms with Crippen molar-refractivity contribution in [1.29, 1.82) is 0 Å². The van der Waals surface area contributed by atoms with Crippen LogP contribution in [0.2, 0.25) is 0 Å². The van der Waals surface area contributed by atoms with Crippen LogP contribution in [-0.4, -0.2) is 11.6 Å². The van der Waals surface area contributed by atoms with Gasteiger partial charge in [-0.25, -0.2) is 9.37 Å². The Labute approximate surface area is 123 Å². The number of oxazole rings is 1. The predicted molar refractivity (Wildman–Crippen MR) is 79.8 cm³/mol. The Kier molecular flexibility index (Phi) is 5.03. The predicted octanol–water partition coefficient (Wildman–Crippen LogP) is 3.36. The van der Waals surface area contributed by atoms with Gasteiger partial charge in [0.05, 0.1) is 30.7 Å². The van der Waals surface area contributed by atoms with Crippen LogP contribution < -0.4 is 15.8 Å². The first-order valence-corrected chi connectivity index (χ1v) is 7.03. The molecule has 1 aromatic carbocycles. The number of anilines is 2. The number of nitrogens with one attached hydrogen (secondary N) is 1. The Hall–Kier alpha value is -2.24. The molecule has 0 bridgehead atoms. The number of hydrogen-bond donors (Lipinski definition) is 2. The summed E-state index contributed by atoms with van der Waals surface area (Å²) >= 11 is 0. The number of aromatic nitrogens is 1. The fourth-order valence-corrected chi connectivity index (χ4v) is 1.81. The van der Waals surface area contributed by atoms with Crippen molar-refractivity contribution in [3.63, 3.8) is 0 Å². The molecule has 0 radical (unpaired) electrons. The second-order valence-electron chi connectivity index (χ2n) is 4.65. The Morgan fingerprint density at radius 1 is 1.38 bits per heavy atom. The molecule has 114 valence electrons. The van der Waals surface area contributed by atoms with E-state index >= 15 is 0 Å². The summed E-state index contributed by atoms with van der Waals surface area (Å²) in [6, 6.07) is 2.81. The third kappa shape index (κ3) is 3.87. The second-order valence-corrected chi connectivity index (χ2v) is 4.65. The summed E-state index contributed by atoms with van der Waals surface area (Å²) < 4.78 is 24.5. The molecule has 2 aromatic rings. The Balaban J connectivity index is 2.07. The van der Waals surface area contributed by atoms with Crippen molar-refractivity contribution in [2.24, 2.45) is 0 Å². The minimum atomic E-state index is -0.462. The second kappa shape index (κ2) is 6.97. The lowest BCUT2D eigenvalue weighted by atomic mass is 10.2. The van der Waals surface area contributed by atoms with Crippen LogP contribution in [0.25, 0.3) is 0 Å². The molecule has 1 heterocycles. The molecule has 0 aliphatic carbocycles. The fourth-order valence-electron chi connectivity index (χ4n) is 1.81. The lowest BCUT2D eigenvalue weighted by Crippen LogP contribution is -2.05. The number of nitrogen functional groups attached to an aromatic ring is 1. The molecule has 21 heavy (non-hydrogen) atoms. The van der Waals surface area contributed by atoms with Gasteiger partial charge in [0.25, 0.3) is 0 Å². The average molecular weight is 293 g/mol. The number of rotatable bonds is 7. The van der Waals surface area contributed by atoms with Crippen LogP contribution in [0.15, 0.2) is 22.7 Å². The van der Waals surface area contributed by atoms with E-state index in [1.54, 1.807) is 12.3 Å². The Morgan fingerprint density at radius 3 is 2.86 bits per heavy atom. The molecule has 0 amide bonds. The minimum Gasteiger partial charge on any atom is -0.490 e. The van der Waals surface area contributed by atoms with Crippen LogP contribution in [-0.2, 0) is 13.0 Å². The average Bonchev–Trinajstić information content (AvgIpc) is 2.93. The smallest absolute Gasteiger partial charge is 0.213 e. The number of halogens is 1. The summed E-state index contributed by atoms with van der Waals surface area (Å²) in [5.74, 6) is 1.11. The molecule has 0 unspecified atom stereocenters. The first-order valence-electron chi connectivity index (χ1n) is 7.03. The van der Waals surface area contributed by atoms with Gasteiger partial charge >= 0.3 is 0 Å². The van der Waals surface area contributed by atoms with E-state index in [9.17, 15) is 4.39 Å². The number of ether oxygens (including phenoxy) is 1. The maximum absolute atomic E-state index is 13.7. The van der Waals surface area contributed by atoms with Crippen LogP contribution in [0, 0.1) is 5.82 Å². The Morgan fingerprint density at radius 2 is 2.19 bits per heavy atom. The van der Waals surface area contributed by atoms with Gasteiger partial charge in [0.1, 0.15) is 5.76 Å². The topological polar surface area (TPSA) is 73.3 Å². The number of hydrogen-bond acceptors (Lipinski definition) is 5. The summed E-state index contributed by atoms with van der Waals surface area (Å²) in [5.41, 5.74) is 6.72. The zero-order chi connectivity index (χ0) is 15.2. The van der Waals surface area contributed by atoms with Crippen LogP contribution in [0.5, 0.6) is 5.75 Å². The summed E-state index contributed by atoms with van der Waals surface area (Å²) in [6.45, 7) is 4.79. The first kappa shape index (κ1) is 15.2. The molecule has 5 nitrogen and oxygen atoms in total. The molecular formula is C15H20FN3O2. The van der Waals surface area contributed by atoms with Gasteiger partial charge in [0.15, 0.2) is 11.6 Å². The van der Waals surface area contributed by atoms with Gasteiger partial charge in [0.2, 0.25) is 5.89 Å². The lowest BCUT2D eigenvalue weighted by molar-refractivity contribution is 0.301. The number of nitrogens with zero attached hydrogens (tertiary/aromatic N) is 1. The van der Waals surface area contributed by atoms with Crippen LogP contribution in [0.1, 0.15) is 31.9 Å². The van der Waals surface area contributed by atoms with E-state index < -0.39 is 5.82 Å². The molecule has 0 spiro atoms. The molecule has 0 saturated carbocycles.